The molecule has 3 aliphatic rings. The van der Waals surface area contributed by atoms with Crippen LogP contribution in [0.2, 0.25) is 0 Å². The molecular weight excluding hydrogens is 391 g/mol. The van der Waals surface area contributed by atoms with Crippen LogP contribution in [0, 0.1) is 5.92 Å². The van der Waals surface area contributed by atoms with Gasteiger partial charge in [0, 0.05) is 16.5 Å². The van der Waals surface area contributed by atoms with Crippen molar-refractivity contribution >= 4 is 30.1 Å². The molecule has 5 rings (SSSR count). The molecular formula is C27H20ClP. The van der Waals surface area contributed by atoms with Crippen LogP contribution in [0.25, 0.3) is 0 Å². The molecule has 1 atom stereocenters. The van der Waals surface area contributed by atoms with Gasteiger partial charge in [-0.25, -0.2) is 0 Å². The first-order valence-electron chi connectivity index (χ1n) is 9.79. The Labute approximate surface area is 178 Å². The Kier molecular flexibility index (Phi) is 5.06. The Morgan fingerprint density at radius 1 is 0.690 bits per heavy atom. The SMILES string of the molecule is ClC1=CC=C(P(c2ccccc2)c2ccccc2)C1=C1C=CC=C2C=CC=CC21. The molecule has 0 N–H and O–H groups in total. The third-order valence-corrected chi connectivity index (χ3v) is 8.20. The lowest BCUT2D eigenvalue weighted by molar-refractivity contribution is 0.923. The highest BCUT2D eigenvalue weighted by Crippen LogP contribution is 2.53. The molecule has 0 bridgehead atoms. The van der Waals surface area contributed by atoms with Crippen molar-refractivity contribution in [3.63, 3.8) is 0 Å². The minimum absolute atomic E-state index is 0.257. The molecule has 3 aliphatic carbocycles. The van der Waals surface area contributed by atoms with E-state index in [0.29, 0.717) is 0 Å². The van der Waals surface area contributed by atoms with Crippen molar-refractivity contribution < 1.29 is 0 Å². The number of rotatable bonds is 3. The van der Waals surface area contributed by atoms with Gasteiger partial charge in [-0.1, -0.05) is 121 Å². The van der Waals surface area contributed by atoms with Crippen LogP contribution in [-0.2, 0) is 0 Å². The van der Waals surface area contributed by atoms with Gasteiger partial charge < -0.3 is 0 Å². The van der Waals surface area contributed by atoms with E-state index in [2.05, 4.69) is 115 Å². The highest BCUT2D eigenvalue weighted by molar-refractivity contribution is 7.77. The number of halogens is 1. The van der Waals surface area contributed by atoms with Crippen LogP contribution in [-0.4, -0.2) is 0 Å². The first kappa shape index (κ1) is 18.4. The first-order valence-corrected chi connectivity index (χ1v) is 11.5. The van der Waals surface area contributed by atoms with Crippen LogP contribution < -0.4 is 10.6 Å². The maximum Gasteiger partial charge on any atom is 0.0488 e. The quantitative estimate of drug-likeness (QED) is 0.495. The number of hydrogen-bond donors (Lipinski definition) is 0. The zero-order valence-electron chi connectivity index (χ0n) is 15.9. The normalized spacial score (nSPS) is 22.4. The van der Waals surface area contributed by atoms with Crippen molar-refractivity contribution in [1.29, 1.82) is 0 Å². The molecule has 0 spiro atoms. The lowest BCUT2D eigenvalue weighted by Crippen LogP contribution is -2.15. The molecule has 0 heterocycles. The van der Waals surface area contributed by atoms with Gasteiger partial charge in [0.15, 0.2) is 0 Å². The van der Waals surface area contributed by atoms with Gasteiger partial charge >= 0.3 is 0 Å². The van der Waals surface area contributed by atoms with Gasteiger partial charge in [-0.05, 0) is 41.1 Å². The van der Waals surface area contributed by atoms with Gasteiger partial charge in [0.25, 0.3) is 0 Å². The third kappa shape index (κ3) is 3.44. The van der Waals surface area contributed by atoms with E-state index in [0.717, 1.165) is 5.03 Å². The Bertz CT molecular complexity index is 1100. The topological polar surface area (TPSA) is 0 Å². The maximum absolute atomic E-state index is 6.82. The summed E-state index contributed by atoms with van der Waals surface area (Å²) in [4.78, 5) is 0. The number of allylic oxidation sites excluding steroid dienone is 14. The van der Waals surface area contributed by atoms with E-state index in [1.54, 1.807) is 0 Å². The fraction of sp³-hybridized carbons (Fsp3) is 0.0370. The Balaban J connectivity index is 1.68. The summed E-state index contributed by atoms with van der Waals surface area (Å²) in [6.07, 6.45) is 19.6. The van der Waals surface area contributed by atoms with E-state index in [1.807, 2.05) is 0 Å². The highest BCUT2D eigenvalue weighted by atomic mass is 35.5. The van der Waals surface area contributed by atoms with Gasteiger partial charge in [0.2, 0.25) is 0 Å². The standard InChI is InChI=1S/C27H20ClP/c28-25-18-19-26(27(25)24-17-9-11-20-10-7-8-16-23(20)24)29(21-12-3-1-4-13-21)22-14-5-2-6-15-22/h1-19,23H. The minimum atomic E-state index is -0.696. The second-order valence-electron chi connectivity index (χ2n) is 7.15. The predicted octanol–water partition coefficient (Wildman–Crippen LogP) is 6.67. The second kappa shape index (κ2) is 7.99. The molecule has 1 unspecified atom stereocenters. The van der Waals surface area contributed by atoms with E-state index in [9.17, 15) is 0 Å². The van der Waals surface area contributed by atoms with Crippen molar-refractivity contribution in [1.82, 2.24) is 0 Å². The summed E-state index contributed by atoms with van der Waals surface area (Å²) in [5, 5.41) is 4.84. The number of hydrogen-bond acceptors (Lipinski definition) is 0. The van der Waals surface area contributed by atoms with E-state index in [1.165, 1.54) is 32.6 Å². The monoisotopic (exact) mass is 410 g/mol. The van der Waals surface area contributed by atoms with Crippen molar-refractivity contribution in [2.75, 3.05) is 0 Å². The van der Waals surface area contributed by atoms with Crippen LogP contribution in [0.4, 0.5) is 0 Å². The fourth-order valence-corrected chi connectivity index (χ4v) is 6.93. The maximum atomic E-state index is 6.82. The summed E-state index contributed by atoms with van der Waals surface area (Å²) >= 11 is 6.82. The van der Waals surface area contributed by atoms with Crippen LogP contribution in [0.1, 0.15) is 0 Å². The van der Waals surface area contributed by atoms with Gasteiger partial charge in [0.1, 0.15) is 0 Å². The van der Waals surface area contributed by atoms with Crippen LogP contribution in [0.15, 0.2) is 142 Å². The zero-order valence-corrected chi connectivity index (χ0v) is 17.5. The van der Waals surface area contributed by atoms with Gasteiger partial charge in [-0.15, -0.1) is 0 Å². The Morgan fingerprint density at radius 2 is 1.38 bits per heavy atom. The molecule has 0 radical (unpaired) electrons. The minimum Gasteiger partial charge on any atom is -0.0837 e. The predicted molar refractivity (Wildman–Crippen MR) is 127 cm³/mol. The average Bonchev–Trinajstić information content (AvgIpc) is 3.16. The van der Waals surface area contributed by atoms with Crippen molar-refractivity contribution in [2.24, 2.45) is 5.92 Å². The largest absolute Gasteiger partial charge is 0.0837 e. The summed E-state index contributed by atoms with van der Waals surface area (Å²) in [6.45, 7) is 0. The molecule has 2 aromatic carbocycles. The van der Waals surface area contributed by atoms with Crippen LogP contribution in [0.5, 0.6) is 0 Å². The number of fused-ring (bicyclic) bond motifs is 1. The van der Waals surface area contributed by atoms with Gasteiger partial charge in [0.05, 0.1) is 0 Å². The molecule has 0 saturated heterocycles. The third-order valence-electron chi connectivity index (χ3n) is 5.40. The van der Waals surface area contributed by atoms with E-state index in [4.69, 9.17) is 11.6 Å². The average molecular weight is 411 g/mol. The summed E-state index contributed by atoms with van der Waals surface area (Å²) < 4.78 is 0. The van der Waals surface area contributed by atoms with Gasteiger partial charge in [-0.2, -0.15) is 0 Å². The Hall–Kier alpha value is -2.66. The smallest absolute Gasteiger partial charge is 0.0488 e. The molecule has 0 saturated carbocycles. The van der Waals surface area contributed by atoms with Crippen molar-refractivity contribution in [2.45, 2.75) is 0 Å². The van der Waals surface area contributed by atoms with Gasteiger partial charge in [-0.3, -0.25) is 0 Å². The molecule has 0 aromatic heterocycles. The Morgan fingerprint density at radius 3 is 2.07 bits per heavy atom. The lowest BCUT2D eigenvalue weighted by Gasteiger charge is -2.28. The van der Waals surface area contributed by atoms with Crippen LogP contribution in [0.3, 0.4) is 0 Å². The lowest BCUT2D eigenvalue weighted by atomic mass is 9.82. The molecule has 0 fully saturated rings. The summed E-state index contributed by atoms with van der Waals surface area (Å²) in [7, 11) is -0.696. The highest BCUT2D eigenvalue weighted by Gasteiger charge is 2.30. The molecule has 0 amide bonds. The van der Waals surface area contributed by atoms with E-state index in [-0.39, 0.29) is 5.92 Å². The van der Waals surface area contributed by atoms with Crippen molar-refractivity contribution in [3.8, 4) is 0 Å². The molecule has 140 valence electrons. The van der Waals surface area contributed by atoms with E-state index >= 15 is 0 Å². The van der Waals surface area contributed by atoms with Crippen molar-refractivity contribution in [3.05, 3.63) is 142 Å². The summed E-state index contributed by atoms with van der Waals surface area (Å²) in [5.74, 6) is 0.257. The molecule has 2 aromatic rings. The molecule has 2 heteroatoms. The first-order chi connectivity index (χ1) is 14.3. The zero-order chi connectivity index (χ0) is 19.6. The van der Waals surface area contributed by atoms with Crippen LogP contribution >= 0.6 is 19.5 Å². The summed E-state index contributed by atoms with van der Waals surface area (Å²) in [5.41, 5.74) is 3.79. The fourth-order valence-electron chi connectivity index (χ4n) is 4.10. The molecule has 0 aliphatic heterocycles. The summed E-state index contributed by atoms with van der Waals surface area (Å²) in [6, 6.07) is 21.6. The molecule has 29 heavy (non-hydrogen) atoms. The molecule has 0 nitrogen and oxygen atoms in total. The second-order valence-corrected chi connectivity index (χ2v) is 9.74. The number of benzene rings is 2. The van der Waals surface area contributed by atoms with E-state index < -0.39 is 7.92 Å².